The lowest BCUT2D eigenvalue weighted by Gasteiger charge is -2.12. The number of aliphatic hydroxyl groups excluding tert-OH is 2. The Hall–Kier alpha value is -1.32. The van der Waals surface area contributed by atoms with E-state index in [4.69, 9.17) is 9.84 Å². The van der Waals surface area contributed by atoms with Crippen molar-refractivity contribution in [3.8, 4) is 5.75 Å². The van der Waals surface area contributed by atoms with E-state index in [-0.39, 0.29) is 13.2 Å². The molecule has 3 nitrogen and oxygen atoms in total. The molecule has 1 aromatic carbocycles. The van der Waals surface area contributed by atoms with Crippen LogP contribution in [0.4, 0.5) is 0 Å². The first-order valence-corrected chi connectivity index (χ1v) is 5.29. The van der Waals surface area contributed by atoms with Crippen molar-refractivity contribution in [3.05, 3.63) is 42.0 Å². The van der Waals surface area contributed by atoms with Crippen LogP contribution in [0.3, 0.4) is 0 Å². The Kier molecular flexibility index (Phi) is 5.02. The maximum atomic E-state index is 9.47. The first kappa shape index (κ1) is 12.7. The molecule has 0 fully saturated rings. The van der Waals surface area contributed by atoms with E-state index in [1.165, 1.54) is 0 Å². The summed E-state index contributed by atoms with van der Waals surface area (Å²) in [4.78, 5) is 0. The Bertz CT molecular complexity index is 330. The van der Waals surface area contributed by atoms with Crippen molar-refractivity contribution in [2.75, 3.05) is 13.2 Å². The van der Waals surface area contributed by atoms with Gasteiger partial charge < -0.3 is 14.9 Å². The molecular weight excluding hydrogens is 204 g/mol. The SMILES string of the molecule is C=C(C)[C@H](O)COc1ccc(CCO)cc1. The molecule has 2 N–H and O–H groups in total. The average molecular weight is 222 g/mol. The van der Waals surface area contributed by atoms with E-state index in [1.807, 2.05) is 24.3 Å². The van der Waals surface area contributed by atoms with E-state index < -0.39 is 6.10 Å². The van der Waals surface area contributed by atoms with E-state index in [0.717, 1.165) is 5.56 Å². The highest BCUT2D eigenvalue weighted by Gasteiger charge is 2.05. The smallest absolute Gasteiger partial charge is 0.119 e. The van der Waals surface area contributed by atoms with Gasteiger partial charge in [-0.3, -0.25) is 0 Å². The summed E-state index contributed by atoms with van der Waals surface area (Å²) in [6, 6.07) is 7.46. The quantitative estimate of drug-likeness (QED) is 0.718. The van der Waals surface area contributed by atoms with Crippen LogP contribution < -0.4 is 4.74 Å². The van der Waals surface area contributed by atoms with E-state index in [1.54, 1.807) is 6.92 Å². The summed E-state index contributed by atoms with van der Waals surface area (Å²) in [6.07, 6.45) is 0.0198. The van der Waals surface area contributed by atoms with Gasteiger partial charge in [0.1, 0.15) is 18.5 Å². The van der Waals surface area contributed by atoms with Crippen LogP contribution >= 0.6 is 0 Å². The Balaban J connectivity index is 2.46. The number of rotatable bonds is 6. The molecule has 0 unspecified atom stereocenters. The van der Waals surface area contributed by atoms with Gasteiger partial charge in [-0.2, -0.15) is 0 Å². The Morgan fingerprint density at radius 3 is 2.50 bits per heavy atom. The Morgan fingerprint density at radius 2 is 2.00 bits per heavy atom. The van der Waals surface area contributed by atoms with Crippen LogP contribution in [-0.2, 0) is 6.42 Å². The molecule has 0 amide bonds. The second-order valence-corrected chi connectivity index (χ2v) is 3.79. The summed E-state index contributed by atoms with van der Waals surface area (Å²) in [5, 5.41) is 18.2. The fraction of sp³-hybridized carbons (Fsp3) is 0.385. The van der Waals surface area contributed by atoms with Crippen molar-refractivity contribution in [3.63, 3.8) is 0 Å². The molecule has 1 rings (SSSR count). The van der Waals surface area contributed by atoms with Gasteiger partial charge in [-0.05, 0) is 36.6 Å². The molecule has 0 radical (unpaired) electrons. The molecule has 0 heterocycles. The Labute approximate surface area is 96.0 Å². The molecular formula is C13H18O3. The minimum absolute atomic E-state index is 0.147. The summed E-state index contributed by atoms with van der Waals surface area (Å²) in [5.41, 5.74) is 1.76. The minimum Gasteiger partial charge on any atom is -0.491 e. The van der Waals surface area contributed by atoms with E-state index in [0.29, 0.717) is 17.7 Å². The first-order chi connectivity index (χ1) is 7.63. The van der Waals surface area contributed by atoms with E-state index in [2.05, 4.69) is 6.58 Å². The van der Waals surface area contributed by atoms with Gasteiger partial charge in [0.2, 0.25) is 0 Å². The molecule has 0 aliphatic carbocycles. The fourth-order valence-corrected chi connectivity index (χ4v) is 1.20. The van der Waals surface area contributed by atoms with Gasteiger partial charge >= 0.3 is 0 Å². The standard InChI is InChI=1S/C13H18O3/c1-10(2)13(15)9-16-12-5-3-11(4-6-12)7-8-14/h3-6,13-15H,1,7-9H2,2H3/t13-/m1/s1. The lowest BCUT2D eigenvalue weighted by molar-refractivity contribution is 0.136. The summed E-state index contributed by atoms with van der Waals surface area (Å²) in [6.45, 7) is 5.77. The van der Waals surface area contributed by atoms with Gasteiger partial charge in [0, 0.05) is 6.61 Å². The molecule has 0 aromatic heterocycles. The predicted molar refractivity (Wildman–Crippen MR) is 63.5 cm³/mol. The molecule has 0 aliphatic heterocycles. The third-order valence-corrected chi connectivity index (χ3v) is 2.30. The topological polar surface area (TPSA) is 49.7 Å². The zero-order valence-electron chi connectivity index (χ0n) is 9.52. The number of hydrogen-bond donors (Lipinski definition) is 2. The van der Waals surface area contributed by atoms with Gasteiger partial charge in [-0.15, -0.1) is 0 Å². The monoisotopic (exact) mass is 222 g/mol. The van der Waals surface area contributed by atoms with Crippen molar-refractivity contribution < 1.29 is 14.9 Å². The van der Waals surface area contributed by atoms with Crippen LogP contribution in [0.15, 0.2) is 36.4 Å². The van der Waals surface area contributed by atoms with Crippen molar-refractivity contribution in [2.24, 2.45) is 0 Å². The number of ether oxygens (including phenoxy) is 1. The maximum Gasteiger partial charge on any atom is 0.119 e. The van der Waals surface area contributed by atoms with E-state index >= 15 is 0 Å². The third-order valence-electron chi connectivity index (χ3n) is 2.30. The third kappa shape index (κ3) is 4.04. The van der Waals surface area contributed by atoms with Crippen molar-refractivity contribution in [1.82, 2.24) is 0 Å². The molecule has 88 valence electrons. The summed E-state index contributed by atoms with van der Waals surface area (Å²) in [5.74, 6) is 0.710. The highest BCUT2D eigenvalue weighted by molar-refractivity contribution is 5.27. The van der Waals surface area contributed by atoms with Crippen LogP contribution in [-0.4, -0.2) is 29.5 Å². The minimum atomic E-state index is -0.628. The van der Waals surface area contributed by atoms with Crippen LogP contribution in [0.2, 0.25) is 0 Å². The zero-order valence-corrected chi connectivity index (χ0v) is 9.52. The molecule has 16 heavy (non-hydrogen) atoms. The fourth-order valence-electron chi connectivity index (χ4n) is 1.20. The van der Waals surface area contributed by atoms with Gasteiger partial charge in [0.15, 0.2) is 0 Å². The van der Waals surface area contributed by atoms with Crippen molar-refractivity contribution in [2.45, 2.75) is 19.4 Å². The molecule has 0 bridgehead atoms. The molecule has 0 spiro atoms. The van der Waals surface area contributed by atoms with Gasteiger partial charge in [0.05, 0.1) is 0 Å². The average Bonchev–Trinajstić information content (AvgIpc) is 2.28. The highest BCUT2D eigenvalue weighted by atomic mass is 16.5. The number of benzene rings is 1. The normalized spacial score (nSPS) is 12.2. The lowest BCUT2D eigenvalue weighted by Crippen LogP contribution is -2.18. The first-order valence-electron chi connectivity index (χ1n) is 5.29. The van der Waals surface area contributed by atoms with Crippen LogP contribution in [0, 0.1) is 0 Å². The Morgan fingerprint density at radius 1 is 1.38 bits per heavy atom. The summed E-state index contributed by atoms with van der Waals surface area (Å²) >= 11 is 0. The zero-order chi connectivity index (χ0) is 12.0. The lowest BCUT2D eigenvalue weighted by atomic mass is 10.1. The second kappa shape index (κ2) is 6.30. The summed E-state index contributed by atoms with van der Waals surface area (Å²) < 4.78 is 5.39. The molecule has 0 aliphatic rings. The molecule has 1 atom stereocenters. The molecule has 1 aromatic rings. The molecule has 3 heteroatoms. The van der Waals surface area contributed by atoms with E-state index in [9.17, 15) is 5.11 Å². The number of aliphatic hydroxyl groups is 2. The summed E-state index contributed by atoms with van der Waals surface area (Å²) in [7, 11) is 0. The van der Waals surface area contributed by atoms with Crippen LogP contribution in [0.1, 0.15) is 12.5 Å². The highest BCUT2D eigenvalue weighted by Crippen LogP contribution is 2.13. The molecule has 0 saturated heterocycles. The van der Waals surface area contributed by atoms with Gasteiger partial charge in [0.25, 0.3) is 0 Å². The van der Waals surface area contributed by atoms with Crippen LogP contribution in [0.25, 0.3) is 0 Å². The predicted octanol–water partition coefficient (Wildman–Crippen LogP) is 1.54. The van der Waals surface area contributed by atoms with Gasteiger partial charge in [-0.25, -0.2) is 0 Å². The van der Waals surface area contributed by atoms with Crippen molar-refractivity contribution in [1.29, 1.82) is 0 Å². The largest absolute Gasteiger partial charge is 0.491 e. The van der Waals surface area contributed by atoms with Crippen LogP contribution in [0.5, 0.6) is 5.75 Å². The number of hydrogen-bond acceptors (Lipinski definition) is 3. The van der Waals surface area contributed by atoms with Crippen molar-refractivity contribution >= 4 is 0 Å². The van der Waals surface area contributed by atoms with Gasteiger partial charge in [-0.1, -0.05) is 18.7 Å². The second-order valence-electron chi connectivity index (χ2n) is 3.79. The maximum absolute atomic E-state index is 9.47. The molecule has 0 saturated carbocycles.